The fourth-order valence-electron chi connectivity index (χ4n) is 2.34. The van der Waals surface area contributed by atoms with Gasteiger partial charge in [0.05, 0.1) is 5.02 Å². The van der Waals surface area contributed by atoms with E-state index in [1.165, 1.54) is 13.1 Å². The van der Waals surface area contributed by atoms with Gasteiger partial charge in [-0.25, -0.2) is 9.78 Å². The standard InChI is InChI=1S/C20H23ClN2O4/c1-12(2)16-7-5-13(3)9-17(16)26-11-19(24)27-14(4)20(25)23-18-8-6-15(21)10-22-18/h5-10,12,14H,11H2,1-4H3,(H,22,23,25)/t14-/m0/s1. The maximum atomic E-state index is 12.1. The fraction of sp³-hybridized carbons (Fsp3) is 0.350. The third kappa shape index (κ3) is 6.25. The first-order valence-electron chi connectivity index (χ1n) is 8.61. The number of carbonyl (C=O) groups is 2. The minimum atomic E-state index is -0.986. The van der Waals surface area contributed by atoms with Crippen molar-refractivity contribution in [3.63, 3.8) is 0 Å². The Balaban J connectivity index is 1.89. The first-order valence-corrected chi connectivity index (χ1v) is 8.99. The zero-order valence-corrected chi connectivity index (χ0v) is 16.5. The minimum Gasteiger partial charge on any atom is -0.482 e. The molecule has 1 aromatic heterocycles. The topological polar surface area (TPSA) is 77.5 Å². The predicted octanol–water partition coefficient (Wildman–Crippen LogP) is 4.12. The molecule has 1 N–H and O–H groups in total. The normalized spacial score (nSPS) is 11.8. The molecule has 1 atom stereocenters. The number of benzene rings is 1. The molecule has 6 nitrogen and oxygen atoms in total. The minimum absolute atomic E-state index is 0.258. The van der Waals surface area contributed by atoms with Gasteiger partial charge in [0.1, 0.15) is 11.6 Å². The molecule has 7 heteroatoms. The Hall–Kier alpha value is -2.60. The Morgan fingerprint density at radius 1 is 1.19 bits per heavy atom. The van der Waals surface area contributed by atoms with Crippen LogP contribution < -0.4 is 10.1 Å². The van der Waals surface area contributed by atoms with Gasteiger partial charge in [-0.15, -0.1) is 0 Å². The second kappa shape index (κ2) is 9.37. The van der Waals surface area contributed by atoms with E-state index < -0.39 is 18.0 Å². The van der Waals surface area contributed by atoms with Crippen LogP contribution in [0.2, 0.25) is 5.02 Å². The van der Waals surface area contributed by atoms with Crippen molar-refractivity contribution >= 4 is 29.3 Å². The third-order valence-electron chi connectivity index (χ3n) is 3.79. The van der Waals surface area contributed by atoms with Gasteiger partial charge in [-0.1, -0.05) is 37.6 Å². The monoisotopic (exact) mass is 390 g/mol. The molecule has 0 aliphatic carbocycles. The molecule has 2 aromatic rings. The number of nitrogens with one attached hydrogen (secondary N) is 1. The molecule has 0 aliphatic heterocycles. The van der Waals surface area contributed by atoms with Crippen molar-refractivity contribution in [2.24, 2.45) is 0 Å². The molecule has 1 amide bonds. The molecule has 1 heterocycles. The molecule has 0 saturated carbocycles. The van der Waals surface area contributed by atoms with Crippen LogP contribution in [-0.2, 0) is 14.3 Å². The van der Waals surface area contributed by atoms with Crippen molar-refractivity contribution in [1.82, 2.24) is 4.98 Å². The summed E-state index contributed by atoms with van der Waals surface area (Å²) in [7, 11) is 0. The van der Waals surface area contributed by atoms with Crippen molar-refractivity contribution in [3.05, 3.63) is 52.7 Å². The third-order valence-corrected chi connectivity index (χ3v) is 4.02. The van der Waals surface area contributed by atoms with Crippen molar-refractivity contribution in [3.8, 4) is 5.75 Å². The van der Waals surface area contributed by atoms with E-state index in [4.69, 9.17) is 21.1 Å². The lowest BCUT2D eigenvalue weighted by Gasteiger charge is -2.16. The first kappa shape index (κ1) is 20.7. The molecule has 0 spiro atoms. The number of nitrogens with zero attached hydrogens (tertiary/aromatic N) is 1. The lowest BCUT2D eigenvalue weighted by molar-refractivity contribution is -0.155. The number of ether oxygens (including phenoxy) is 2. The van der Waals surface area contributed by atoms with Gasteiger partial charge in [-0.05, 0) is 49.1 Å². The van der Waals surface area contributed by atoms with Gasteiger partial charge < -0.3 is 14.8 Å². The van der Waals surface area contributed by atoms with Gasteiger partial charge in [0.15, 0.2) is 12.7 Å². The second-order valence-corrected chi connectivity index (χ2v) is 6.90. The number of halogens is 1. The van der Waals surface area contributed by atoms with E-state index in [2.05, 4.69) is 10.3 Å². The van der Waals surface area contributed by atoms with Crippen LogP contribution in [0.1, 0.15) is 37.8 Å². The van der Waals surface area contributed by atoms with Gasteiger partial charge in [-0.2, -0.15) is 0 Å². The molecule has 27 heavy (non-hydrogen) atoms. The SMILES string of the molecule is Cc1ccc(C(C)C)c(OCC(=O)O[C@@H](C)C(=O)Nc2ccc(Cl)cn2)c1. The molecule has 0 saturated heterocycles. The van der Waals surface area contributed by atoms with Crippen LogP contribution >= 0.6 is 11.6 Å². The number of carbonyl (C=O) groups excluding carboxylic acids is 2. The van der Waals surface area contributed by atoms with E-state index in [1.54, 1.807) is 12.1 Å². The van der Waals surface area contributed by atoms with Crippen LogP contribution in [0.3, 0.4) is 0 Å². The number of anilines is 1. The van der Waals surface area contributed by atoms with Crippen LogP contribution in [-0.4, -0.2) is 29.6 Å². The molecule has 0 fully saturated rings. The van der Waals surface area contributed by atoms with E-state index in [1.807, 2.05) is 39.0 Å². The van der Waals surface area contributed by atoms with Crippen molar-refractivity contribution in [2.45, 2.75) is 39.7 Å². The molecule has 2 rings (SSSR count). The second-order valence-electron chi connectivity index (χ2n) is 6.47. The number of hydrogen-bond donors (Lipinski definition) is 1. The van der Waals surface area contributed by atoms with E-state index in [-0.39, 0.29) is 12.5 Å². The molecule has 0 unspecified atom stereocenters. The smallest absolute Gasteiger partial charge is 0.344 e. The average molecular weight is 391 g/mol. The Labute approximate surface area is 163 Å². The summed E-state index contributed by atoms with van der Waals surface area (Å²) in [6.07, 6.45) is 0.427. The molecule has 0 radical (unpaired) electrons. The Morgan fingerprint density at radius 2 is 1.93 bits per heavy atom. The summed E-state index contributed by atoms with van der Waals surface area (Å²) in [6, 6.07) is 9.02. The lowest BCUT2D eigenvalue weighted by Crippen LogP contribution is -2.32. The van der Waals surface area contributed by atoms with E-state index in [9.17, 15) is 9.59 Å². The van der Waals surface area contributed by atoms with E-state index in [0.29, 0.717) is 16.6 Å². The highest BCUT2D eigenvalue weighted by atomic mass is 35.5. The molecule has 0 bridgehead atoms. The van der Waals surface area contributed by atoms with Gasteiger partial charge in [-0.3, -0.25) is 4.79 Å². The molecule has 144 valence electrons. The number of aryl methyl sites for hydroxylation is 1. The fourth-order valence-corrected chi connectivity index (χ4v) is 2.45. The van der Waals surface area contributed by atoms with Gasteiger partial charge in [0, 0.05) is 6.20 Å². The quantitative estimate of drug-likeness (QED) is 0.719. The summed E-state index contributed by atoms with van der Waals surface area (Å²) in [5.74, 6) is 0.108. The predicted molar refractivity (Wildman–Crippen MR) is 104 cm³/mol. The Kier molecular flexibility index (Phi) is 7.19. The van der Waals surface area contributed by atoms with Crippen LogP contribution in [0.5, 0.6) is 5.75 Å². The molecule has 1 aromatic carbocycles. The van der Waals surface area contributed by atoms with Crippen molar-refractivity contribution < 1.29 is 19.1 Å². The largest absolute Gasteiger partial charge is 0.482 e. The highest BCUT2D eigenvalue weighted by molar-refractivity contribution is 6.30. The first-order chi connectivity index (χ1) is 12.8. The van der Waals surface area contributed by atoms with Gasteiger partial charge in [0.25, 0.3) is 5.91 Å². The number of aromatic nitrogens is 1. The van der Waals surface area contributed by atoms with Crippen LogP contribution in [0, 0.1) is 6.92 Å². The highest BCUT2D eigenvalue weighted by Crippen LogP contribution is 2.27. The summed E-state index contributed by atoms with van der Waals surface area (Å²) in [6.45, 7) is 7.25. The van der Waals surface area contributed by atoms with Crippen molar-refractivity contribution in [2.75, 3.05) is 11.9 Å². The van der Waals surface area contributed by atoms with E-state index >= 15 is 0 Å². The Morgan fingerprint density at radius 3 is 2.56 bits per heavy atom. The average Bonchev–Trinajstić information content (AvgIpc) is 2.61. The summed E-state index contributed by atoms with van der Waals surface area (Å²) in [5, 5.41) is 3.01. The molecular formula is C20H23ClN2O4. The number of pyridine rings is 1. The lowest BCUT2D eigenvalue weighted by atomic mass is 10.0. The highest BCUT2D eigenvalue weighted by Gasteiger charge is 2.19. The molecular weight excluding hydrogens is 368 g/mol. The van der Waals surface area contributed by atoms with Crippen LogP contribution in [0.4, 0.5) is 5.82 Å². The number of rotatable bonds is 7. The van der Waals surface area contributed by atoms with Gasteiger partial charge >= 0.3 is 5.97 Å². The number of esters is 1. The van der Waals surface area contributed by atoms with E-state index in [0.717, 1.165) is 11.1 Å². The maximum Gasteiger partial charge on any atom is 0.344 e. The molecule has 0 aliphatic rings. The van der Waals surface area contributed by atoms with Crippen molar-refractivity contribution in [1.29, 1.82) is 0 Å². The summed E-state index contributed by atoms with van der Waals surface area (Å²) in [4.78, 5) is 28.1. The van der Waals surface area contributed by atoms with Crippen LogP contribution in [0.25, 0.3) is 0 Å². The Bertz CT molecular complexity index is 806. The maximum absolute atomic E-state index is 12.1. The van der Waals surface area contributed by atoms with Gasteiger partial charge in [0.2, 0.25) is 0 Å². The summed E-state index contributed by atoms with van der Waals surface area (Å²) >= 11 is 5.75. The zero-order valence-electron chi connectivity index (χ0n) is 15.8. The summed E-state index contributed by atoms with van der Waals surface area (Å²) in [5.41, 5.74) is 2.04. The number of amides is 1. The van der Waals surface area contributed by atoms with Crippen LogP contribution in [0.15, 0.2) is 36.5 Å². The zero-order chi connectivity index (χ0) is 20.0. The summed E-state index contributed by atoms with van der Waals surface area (Å²) < 4.78 is 10.8. The number of hydrogen-bond acceptors (Lipinski definition) is 5.